The van der Waals surface area contributed by atoms with Crippen LogP contribution in [-0.4, -0.2) is 78.5 Å². The number of likely N-dealkylation sites (N-methyl/N-ethyl adjacent to an activating group) is 2. The molecule has 13 heteroatoms. The quantitative estimate of drug-likeness (QED) is 0.193. The number of amides is 2. The van der Waals surface area contributed by atoms with Gasteiger partial charge in [0.25, 0.3) is 11.8 Å². The lowest BCUT2D eigenvalue weighted by Gasteiger charge is -2.22. The van der Waals surface area contributed by atoms with E-state index in [0.717, 1.165) is 37.5 Å². The number of hydrogen-bond donors (Lipinski definition) is 4. The van der Waals surface area contributed by atoms with Gasteiger partial charge < -0.3 is 31.7 Å². The molecule has 0 atom stereocenters. The Morgan fingerprint density at radius 2 is 1.95 bits per heavy atom. The summed E-state index contributed by atoms with van der Waals surface area (Å²) in [6.45, 7) is 6.10. The number of hydrogen-bond acceptors (Lipinski definition) is 10. The number of carbonyl (C=O) groups excluding carboxylic acids is 2. The smallest absolute Gasteiger partial charge is 0.270 e. The van der Waals surface area contributed by atoms with Crippen LogP contribution in [0.3, 0.4) is 0 Å². The highest BCUT2D eigenvalue weighted by Crippen LogP contribution is 2.31. The highest BCUT2D eigenvalue weighted by molar-refractivity contribution is 7.20. The van der Waals surface area contributed by atoms with Crippen LogP contribution in [0, 0.1) is 5.95 Å². The monoisotopic (exact) mass is 530 g/mol. The second-order valence-electron chi connectivity index (χ2n) is 8.35. The van der Waals surface area contributed by atoms with E-state index >= 15 is 0 Å². The molecule has 2 heterocycles. The number of ether oxygens (including phenoxy) is 1. The molecule has 0 spiro atoms. The minimum atomic E-state index is -0.824. The number of anilines is 4. The van der Waals surface area contributed by atoms with Crippen molar-refractivity contribution in [2.75, 3.05) is 63.2 Å². The molecule has 6 N–H and O–H groups in total. The molecule has 0 aliphatic rings. The van der Waals surface area contributed by atoms with Crippen LogP contribution < -0.4 is 26.8 Å². The summed E-state index contributed by atoms with van der Waals surface area (Å²) >= 11 is 0.979. The van der Waals surface area contributed by atoms with E-state index in [1.165, 1.54) is 24.4 Å². The van der Waals surface area contributed by atoms with Crippen molar-refractivity contribution in [2.24, 2.45) is 5.73 Å². The van der Waals surface area contributed by atoms with Crippen molar-refractivity contribution in [3.05, 3.63) is 53.7 Å². The van der Waals surface area contributed by atoms with Gasteiger partial charge in [-0.2, -0.15) is 4.39 Å². The van der Waals surface area contributed by atoms with Crippen molar-refractivity contribution in [1.82, 2.24) is 19.8 Å². The lowest BCUT2D eigenvalue weighted by atomic mass is 10.1. The predicted molar refractivity (Wildman–Crippen MR) is 143 cm³/mol. The van der Waals surface area contributed by atoms with E-state index in [9.17, 15) is 14.0 Å². The van der Waals surface area contributed by atoms with Gasteiger partial charge in [0.15, 0.2) is 10.8 Å². The Morgan fingerprint density at radius 1 is 1.16 bits per heavy atom. The van der Waals surface area contributed by atoms with Crippen molar-refractivity contribution in [2.45, 2.75) is 6.92 Å². The zero-order valence-corrected chi connectivity index (χ0v) is 21.8. The number of benzene rings is 1. The Bertz CT molecular complexity index is 1240. The van der Waals surface area contributed by atoms with Gasteiger partial charge in [0.05, 0.1) is 5.69 Å². The number of pyridine rings is 1. The van der Waals surface area contributed by atoms with Crippen molar-refractivity contribution in [3.8, 4) is 5.75 Å². The topological polar surface area (TPSA) is 152 Å². The highest BCUT2D eigenvalue weighted by atomic mass is 32.1. The van der Waals surface area contributed by atoms with Crippen LogP contribution in [0.15, 0.2) is 36.5 Å². The lowest BCUT2D eigenvalue weighted by molar-refractivity contribution is 0.0997. The number of nitrogens with two attached hydrogens (primary N) is 2. The molecule has 0 aliphatic heterocycles. The molecule has 1 aromatic carbocycles. The molecule has 0 aliphatic carbocycles. The third-order valence-corrected chi connectivity index (χ3v) is 6.20. The summed E-state index contributed by atoms with van der Waals surface area (Å²) in [5.41, 5.74) is 12.4. The Hall–Kier alpha value is -3.81. The minimum Gasteiger partial charge on any atom is -0.490 e. The number of halogens is 1. The van der Waals surface area contributed by atoms with Gasteiger partial charge in [-0.1, -0.05) is 18.3 Å². The van der Waals surface area contributed by atoms with E-state index < -0.39 is 17.8 Å². The fourth-order valence-corrected chi connectivity index (χ4v) is 4.17. The zero-order valence-electron chi connectivity index (χ0n) is 21.0. The maximum atomic E-state index is 13.4. The molecule has 0 saturated carbocycles. The number of rotatable bonds is 13. The van der Waals surface area contributed by atoms with Gasteiger partial charge in [-0.25, -0.2) is 9.97 Å². The molecular formula is C24H31FN8O3S. The largest absolute Gasteiger partial charge is 0.490 e. The van der Waals surface area contributed by atoms with E-state index in [1.807, 2.05) is 14.1 Å². The molecule has 0 unspecified atom stereocenters. The summed E-state index contributed by atoms with van der Waals surface area (Å²) in [5, 5.41) is 5.89. The zero-order chi connectivity index (χ0) is 26.9. The second kappa shape index (κ2) is 12.9. The number of nitrogen functional groups attached to an aromatic ring is 1. The number of nitrogens with zero attached hydrogens (tertiary/aromatic N) is 4. The molecule has 3 rings (SSSR count). The first-order chi connectivity index (χ1) is 17.7. The molecule has 2 aromatic heterocycles. The van der Waals surface area contributed by atoms with E-state index in [0.29, 0.717) is 23.7 Å². The predicted octanol–water partition coefficient (Wildman–Crippen LogP) is 2.62. The number of carbonyl (C=O) groups is 2. The third kappa shape index (κ3) is 8.10. The van der Waals surface area contributed by atoms with Crippen molar-refractivity contribution in [3.63, 3.8) is 0 Å². The summed E-state index contributed by atoms with van der Waals surface area (Å²) < 4.78 is 19.2. The maximum absolute atomic E-state index is 13.4. The summed E-state index contributed by atoms with van der Waals surface area (Å²) in [4.78, 5) is 36.7. The molecule has 2 amide bonds. The highest BCUT2D eigenvalue weighted by Gasteiger charge is 2.20. The molecule has 3 aromatic rings. The maximum Gasteiger partial charge on any atom is 0.270 e. The number of aromatic nitrogens is 2. The van der Waals surface area contributed by atoms with Crippen LogP contribution in [0.2, 0.25) is 0 Å². The Labute approximate surface area is 218 Å². The first-order valence-electron chi connectivity index (χ1n) is 11.6. The third-order valence-electron chi connectivity index (χ3n) is 5.31. The molecule has 11 nitrogen and oxygen atoms in total. The van der Waals surface area contributed by atoms with Gasteiger partial charge in [0, 0.05) is 43.1 Å². The number of thiazole rings is 1. The Balaban J connectivity index is 1.64. The summed E-state index contributed by atoms with van der Waals surface area (Å²) in [5.74, 6) is -1.53. The lowest BCUT2D eigenvalue weighted by Crippen LogP contribution is -2.34. The van der Waals surface area contributed by atoms with Gasteiger partial charge in [-0.3, -0.25) is 14.5 Å². The Kier molecular flexibility index (Phi) is 9.71. The van der Waals surface area contributed by atoms with E-state index in [2.05, 4.69) is 37.3 Å². The first-order valence-corrected chi connectivity index (χ1v) is 12.4. The van der Waals surface area contributed by atoms with Crippen LogP contribution in [0.5, 0.6) is 5.75 Å². The van der Waals surface area contributed by atoms with Crippen molar-refractivity contribution >= 4 is 44.7 Å². The van der Waals surface area contributed by atoms with Crippen LogP contribution in [0.1, 0.15) is 27.8 Å². The average molecular weight is 531 g/mol. The van der Waals surface area contributed by atoms with E-state index in [-0.39, 0.29) is 21.4 Å². The molecular weight excluding hydrogens is 499 g/mol. The Morgan fingerprint density at radius 3 is 2.59 bits per heavy atom. The van der Waals surface area contributed by atoms with Gasteiger partial charge in [0.1, 0.15) is 17.4 Å². The fraction of sp³-hybridized carbons (Fsp3) is 0.333. The molecule has 0 saturated heterocycles. The summed E-state index contributed by atoms with van der Waals surface area (Å²) in [7, 11) is 4.07. The molecule has 198 valence electrons. The molecule has 0 radical (unpaired) electrons. The van der Waals surface area contributed by atoms with Crippen LogP contribution in [0.25, 0.3) is 0 Å². The van der Waals surface area contributed by atoms with Crippen LogP contribution >= 0.6 is 11.3 Å². The number of nitrogens with one attached hydrogen (secondary N) is 2. The fourth-order valence-electron chi connectivity index (χ4n) is 3.28. The minimum absolute atomic E-state index is 0.127. The van der Waals surface area contributed by atoms with Crippen LogP contribution in [0.4, 0.5) is 25.9 Å². The SMILES string of the molecule is CCN(CCOc1ccc(C(=O)Nc2sc(Nc3ccnc(F)c3)nc2C(N)=O)cc1N)CCN(C)C. The van der Waals surface area contributed by atoms with Crippen molar-refractivity contribution < 1.29 is 18.7 Å². The van der Waals surface area contributed by atoms with E-state index in [1.54, 1.807) is 12.1 Å². The normalized spacial score (nSPS) is 11.1. The van der Waals surface area contributed by atoms with Crippen molar-refractivity contribution in [1.29, 1.82) is 0 Å². The molecule has 0 fully saturated rings. The van der Waals surface area contributed by atoms with Gasteiger partial charge in [-0.15, -0.1) is 0 Å². The first kappa shape index (κ1) is 27.8. The second-order valence-corrected chi connectivity index (χ2v) is 9.35. The van der Waals surface area contributed by atoms with Gasteiger partial charge in [0.2, 0.25) is 5.95 Å². The molecule has 0 bridgehead atoms. The standard InChI is InChI=1S/C24H31FN8O3S/c1-4-33(10-9-32(2)3)11-12-36-18-6-5-15(13-17(18)26)22(35)31-23-20(21(27)34)30-24(37-23)29-16-7-8-28-19(25)14-16/h5-8,13-14H,4,9-12,26H2,1-3H3,(H2,27,34)(H,31,35)(H,28,29,30). The average Bonchev–Trinajstić information content (AvgIpc) is 3.24. The van der Waals surface area contributed by atoms with E-state index in [4.69, 9.17) is 16.2 Å². The van der Waals surface area contributed by atoms with Crippen LogP contribution in [-0.2, 0) is 0 Å². The van der Waals surface area contributed by atoms with Gasteiger partial charge >= 0.3 is 0 Å². The molecule has 37 heavy (non-hydrogen) atoms. The number of primary amides is 1. The summed E-state index contributed by atoms with van der Waals surface area (Å²) in [6, 6.07) is 7.40. The summed E-state index contributed by atoms with van der Waals surface area (Å²) in [6.07, 6.45) is 1.28. The van der Waals surface area contributed by atoms with Gasteiger partial charge in [-0.05, 0) is 44.9 Å².